The van der Waals surface area contributed by atoms with Gasteiger partial charge in [-0.3, -0.25) is 4.79 Å². The maximum Gasteiger partial charge on any atom is 0.261 e. The average Bonchev–Trinajstić information content (AvgIpc) is 3.28. The molecule has 0 saturated heterocycles. The molecular formula is C20H25N3OS2. The number of amides is 1. The lowest BCUT2D eigenvalue weighted by atomic mass is 10.2. The van der Waals surface area contributed by atoms with Crippen molar-refractivity contribution in [3.63, 3.8) is 0 Å². The van der Waals surface area contributed by atoms with Gasteiger partial charge in [0, 0.05) is 34.1 Å². The minimum absolute atomic E-state index is 0.0208. The Morgan fingerprint density at radius 3 is 2.69 bits per heavy atom. The Morgan fingerprint density at radius 1 is 1.12 bits per heavy atom. The second-order valence-electron chi connectivity index (χ2n) is 6.38. The fourth-order valence-electron chi connectivity index (χ4n) is 2.84. The van der Waals surface area contributed by atoms with Crippen molar-refractivity contribution in [3.05, 3.63) is 57.1 Å². The second-order valence-corrected chi connectivity index (χ2v) is 8.72. The second kappa shape index (κ2) is 9.28. The summed E-state index contributed by atoms with van der Waals surface area (Å²) in [5, 5.41) is 4.16. The zero-order valence-corrected chi connectivity index (χ0v) is 16.7. The van der Waals surface area contributed by atoms with Crippen molar-refractivity contribution in [2.24, 2.45) is 5.73 Å². The quantitative estimate of drug-likeness (QED) is 0.588. The number of nitrogens with one attached hydrogen (secondary N) is 1. The highest BCUT2D eigenvalue weighted by Crippen LogP contribution is 2.25. The summed E-state index contributed by atoms with van der Waals surface area (Å²) < 4.78 is 1.15. The van der Waals surface area contributed by atoms with Gasteiger partial charge in [-0.1, -0.05) is 18.2 Å². The van der Waals surface area contributed by atoms with Gasteiger partial charge in [0.05, 0.1) is 4.88 Å². The molecule has 4 nitrogen and oxygen atoms in total. The molecule has 2 aromatic heterocycles. The third-order valence-corrected chi connectivity index (χ3v) is 6.59. The fraction of sp³-hybridized carbons (Fsp3) is 0.350. The summed E-state index contributed by atoms with van der Waals surface area (Å²) in [6.45, 7) is 3.17. The number of hydrogen-bond acceptors (Lipinski definition) is 5. The predicted octanol–water partition coefficient (Wildman–Crippen LogP) is 3.72. The van der Waals surface area contributed by atoms with Crippen molar-refractivity contribution in [1.29, 1.82) is 0 Å². The first kappa shape index (κ1) is 19.0. The van der Waals surface area contributed by atoms with Crippen LogP contribution in [0.5, 0.6) is 0 Å². The number of likely N-dealkylation sites (N-methyl/N-ethyl adjacent to an activating group) is 1. The van der Waals surface area contributed by atoms with Crippen LogP contribution in [0.4, 0.5) is 0 Å². The van der Waals surface area contributed by atoms with E-state index in [2.05, 4.69) is 35.5 Å². The lowest BCUT2D eigenvalue weighted by molar-refractivity contribution is 0.0954. The van der Waals surface area contributed by atoms with Gasteiger partial charge < -0.3 is 16.0 Å². The van der Waals surface area contributed by atoms with Gasteiger partial charge in [-0.25, -0.2) is 0 Å². The highest BCUT2D eigenvalue weighted by Gasteiger charge is 2.10. The van der Waals surface area contributed by atoms with Crippen molar-refractivity contribution in [2.45, 2.75) is 19.4 Å². The number of fused-ring (bicyclic) bond motifs is 1. The van der Waals surface area contributed by atoms with Crippen LogP contribution in [0.1, 0.15) is 25.8 Å². The maximum absolute atomic E-state index is 12.3. The number of hydrogen-bond donors (Lipinski definition) is 2. The molecule has 138 valence electrons. The molecule has 0 bridgehead atoms. The first-order valence-corrected chi connectivity index (χ1v) is 10.5. The number of aryl methyl sites for hydroxylation is 1. The molecule has 0 aliphatic rings. The van der Waals surface area contributed by atoms with E-state index >= 15 is 0 Å². The summed E-state index contributed by atoms with van der Waals surface area (Å²) in [6.07, 6.45) is 2.20. The molecule has 0 unspecified atom stereocenters. The van der Waals surface area contributed by atoms with E-state index in [0.717, 1.165) is 40.9 Å². The van der Waals surface area contributed by atoms with Crippen LogP contribution in [0.3, 0.4) is 0 Å². The van der Waals surface area contributed by atoms with Gasteiger partial charge in [-0.15, -0.1) is 22.7 Å². The summed E-state index contributed by atoms with van der Waals surface area (Å²) in [6, 6.07) is 14.4. The number of thiophene rings is 2. The molecule has 0 fully saturated rings. The standard InChI is InChI=1S/C20H25N3OS2/c1-23(11-4-6-16-8-9-17(14-21)25-16)12-10-22-20(24)19-13-15-5-2-3-7-18(15)26-19/h2-3,5,7-9,13H,4,6,10-12,14,21H2,1H3,(H,22,24). The number of nitrogens with two attached hydrogens (primary N) is 1. The summed E-state index contributed by atoms with van der Waals surface area (Å²) in [4.78, 5) is 18.0. The Kier molecular flexibility index (Phi) is 6.80. The molecule has 1 amide bonds. The first-order valence-electron chi connectivity index (χ1n) is 8.88. The Bertz CT molecular complexity index is 822. The molecular weight excluding hydrogens is 362 g/mol. The molecule has 1 aromatic carbocycles. The molecule has 26 heavy (non-hydrogen) atoms. The number of rotatable bonds is 9. The van der Waals surface area contributed by atoms with Crippen molar-refractivity contribution in [3.8, 4) is 0 Å². The SMILES string of the molecule is CN(CCCc1ccc(CN)s1)CCNC(=O)c1cc2ccccc2s1. The Morgan fingerprint density at radius 2 is 1.92 bits per heavy atom. The smallest absolute Gasteiger partial charge is 0.261 e. The fourth-order valence-corrected chi connectivity index (χ4v) is 4.76. The van der Waals surface area contributed by atoms with E-state index in [1.807, 2.05) is 24.3 Å². The summed E-state index contributed by atoms with van der Waals surface area (Å²) in [7, 11) is 2.10. The molecule has 6 heteroatoms. The minimum Gasteiger partial charge on any atom is -0.350 e. The van der Waals surface area contributed by atoms with E-state index < -0.39 is 0 Å². The van der Waals surface area contributed by atoms with Crippen LogP contribution < -0.4 is 11.1 Å². The van der Waals surface area contributed by atoms with E-state index in [0.29, 0.717) is 13.1 Å². The van der Waals surface area contributed by atoms with E-state index in [1.54, 1.807) is 22.7 Å². The third kappa shape index (κ3) is 5.14. The Balaban J connectivity index is 1.36. The molecule has 0 aliphatic carbocycles. The number of carbonyl (C=O) groups is 1. The van der Waals surface area contributed by atoms with Crippen LogP contribution in [-0.4, -0.2) is 37.5 Å². The Hall–Kier alpha value is -1.73. The van der Waals surface area contributed by atoms with Crippen molar-refractivity contribution in [1.82, 2.24) is 10.2 Å². The zero-order chi connectivity index (χ0) is 18.4. The highest BCUT2D eigenvalue weighted by atomic mass is 32.1. The van der Waals surface area contributed by atoms with Gasteiger partial charge in [-0.05, 0) is 56.1 Å². The predicted molar refractivity (Wildman–Crippen MR) is 112 cm³/mol. The molecule has 0 radical (unpaired) electrons. The summed E-state index contributed by atoms with van der Waals surface area (Å²) in [5.74, 6) is 0.0208. The van der Waals surface area contributed by atoms with Crippen molar-refractivity contribution < 1.29 is 4.79 Å². The molecule has 0 aliphatic heterocycles. The van der Waals surface area contributed by atoms with Gasteiger partial charge in [0.1, 0.15) is 0 Å². The average molecular weight is 388 g/mol. The van der Waals surface area contributed by atoms with Gasteiger partial charge >= 0.3 is 0 Å². The summed E-state index contributed by atoms with van der Waals surface area (Å²) in [5.41, 5.74) is 5.65. The van der Waals surface area contributed by atoms with E-state index in [4.69, 9.17) is 5.73 Å². The van der Waals surface area contributed by atoms with E-state index in [9.17, 15) is 4.79 Å². The topological polar surface area (TPSA) is 58.4 Å². The van der Waals surface area contributed by atoms with E-state index in [1.165, 1.54) is 9.75 Å². The van der Waals surface area contributed by atoms with Gasteiger partial charge in [0.15, 0.2) is 0 Å². The molecule has 0 atom stereocenters. The van der Waals surface area contributed by atoms with Crippen LogP contribution in [0.15, 0.2) is 42.5 Å². The van der Waals surface area contributed by atoms with Crippen LogP contribution >= 0.6 is 22.7 Å². The lowest BCUT2D eigenvalue weighted by Gasteiger charge is -2.16. The normalized spacial score (nSPS) is 11.3. The van der Waals surface area contributed by atoms with Crippen LogP contribution in [-0.2, 0) is 13.0 Å². The molecule has 3 aromatic rings. The van der Waals surface area contributed by atoms with Gasteiger partial charge in [-0.2, -0.15) is 0 Å². The molecule has 0 saturated carbocycles. The van der Waals surface area contributed by atoms with Gasteiger partial charge in [0.25, 0.3) is 5.91 Å². The van der Waals surface area contributed by atoms with Crippen LogP contribution in [0.2, 0.25) is 0 Å². The number of nitrogens with zero attached hydrogens (tertiary/aromatic N) is 1. The largest absolute Gasteiger partial charge is 0.350 e. The molecule has 0 spiro atoms. The third-order valence-electron chi connectivity index (χ3n) is 4.31. The monoisotopic (exact) mass is 387 g/mol. The van der Waals surface area contributed by atoms with Crippen LogP contribution in [0.25, 0.3) is 10.1 Å². The number of benzene rings is 1. The van der Waals surface area contributed by atoms with Crippen LogP contribution in [0, 0.1) is 0 Å². The molecule has 2 heterocycles. The maximum atomic E-state index is 12.3. The van der Waals surface area contributed by atoms with Gasteiger partial charge in [0.2, 0.25) is 0 Å². The molecule has 3 N–H and O–H groups in total. The van der Waals surface area contributed by atoms with Crippen molar-refractivity contribution >= 4 is 38.7 Å². The molecule has 3 rings (SSSR count). The lowest BCUT2D eigenvalue weighted by Crippen LogP contribution is -2.33. The Labute approximate surface area is 162 Å². The number of carbonyl (C=O) groups excluding carboxylic acids is 1. The minimum atomic E-state index is 0.0208. The highest BCUT2D eigenvalue weighted by molar-refractivity contribution is 7.20. The first-order chi connectivity index (χ1) is 12.7. The van der Waals surface area contributed by atoms with E-state index in [-0.39, 0.29) is 5.91 Å². The zero-order valence-electron chi connectivity index (χ0n) is 15.0. The van der Waals surface area contributed by atoms with Crippen molar-refractivity contribution in [2.75, 3.05) is 26.7 Å². The summed E-state index contributed by atoms with van der Waals surface area (Å²) >= 11 is 3.35.